The highest BCUT2D eigenvalue weighted by atomic mass is 32.2. The third-order valence-electron chi connectivity index (χ3n) is 2.30. The minimum Gasteiger partial charge on any atom is -0.326 e. The predicted octanol–water partition coefficient (Wildman–Crippen LogP) is 1.72. The van der Waals surface area contributed by atoms with Gasteiger partial charge in [-0.2, -0.15) is 0 Å². The van der Waals surface area contributed by atoms with Crippen molar-refractivity contribution in [2.45, 2.75) is 26.1 Å². The van der Waals surface area contributed by atoms with Gasteiger partial charge in [-0.3, -0.25) is 0 Å². The molecular formula is C12H19NO2S. The van der Waals surface area contributed by atoms with E-state index in [0.717, 1.165) is 11.1 Å². The number of hydrogen-bond acceptors (Lipinski definition) is 3. The summed E-state index contributed by atoms with van der Waals surface area (Å²) in [6.07, 6.45) is 0. The van der Waals surface area contributed by atoms with Crippen LogP contribution in [0.4, 0.5) is 0 Å². The third kappa shape index (κ3) is 3.94. The Morgan fingerprint density at radius 2 is 1.75 bits per heavy atom. The van der Waals surface area contributed by atoms with Crippen LogP contribution in [0.3, 0.4) is 0 Å². The summed E-state index contributed by atoms with van der Waals surface area (Å²) in [6, 6.07) is 7.43. The minimum atomic E-state index is -3.02. The van der Waals surface area contributed by atoms with Crippen LogP contribution < -0.4 is 5.73 Å². The summed E-state index contributed by atoms with van der Waals surface area (Å²) >= 11 is 0. The molecule has 0 aliphatic rings. The second kappa shape index (κ2) is 5.46. The normalized spacial score (nSPS) is 12.0. The summed E-state index contributed by atoms with van der Waals surface area (Å²) in [5.41, 5.74) is 7.31. The molecule has 0 heterocycles. The van der Waals surface area contributed by atoms with Gasteiger partial charge in [-0.1, -0.05) is 38.1 Å². The van der Waals surface area contributed by atoms with Crippen LogP contribution in [0.15, 0.2) is 24.3 Å². The lowest BCUT2D eigenvalue weighted by Gasteiger charge is -2.10. The first-order valence-electron chi connectivity index (χ1n) is 5.42. The van der Waals surface area contributed by atoms with Gasteiger partial charge in [0.1, 0.15) is 0 Å². The Hall–Kier alpha value is -0.870. The standard InChI is InChI=1S/C12H19NO2S/c1-10(2)8-16(14,15)9-12-6-4-3-5-11(12)7-13/h3-6,10H,7-9,13H2,1-2H3. The maximum atomic E-state index is 11.8. The molecule has 0 spiro atoms. The smallest absolute Gasteiger partial charge is 0.154 e. The fourth-order valence-electron chi connectivity index (χ4n) is 1.70. The van der Waals surface area contributed by atoms with E-state index in [0.29, 0.717) is 6.54 Å². The summed E-state index contributed by atoms with van der Waals surface area (Å²) in [5.74, 6) is 0.486. The molecule has 0 saturated carbocycles. The molecule has 0 saturated heterocycles. The summed E-state index contributed by atoms with van der Waals surface area (Å²) in [6.45, 7) is 4.20. The largest absolute Gasteiger partial charge is 0.326 e. The van der Waals surface area contributed by atoms with Crippen LogP contribution in [-0.2, 0) is 22.1 Å². The summed E-state index contributed by atoms with van der Waals surface area (Å²) in [7, 11) is -3.02. The second-order valence-corrected chi connectivity index (χ2v) is 6.53. The molecule has 1 aromatic carbocycles. The Kier molecular flexibility index (Phi) is 4.50. The third-order valence-corrected chi connectivity index (χ3v) is 4.23. The Morgan fingerprint density at radius 1 is 1.19 bits per heavy atom. The lowest BCUT2D eigenvalue weighted by Crippen LogP contribution is -2.15. The SMILES string of the molecule is CC(C)CS(=O)(=O)Cc1ccccc1CN. The van der Waals surface area contributed by atoms with Crippen molar-refractivity contribution < 1.29 is 8.42 Å². The molecule has 0 bridgehead atoms. The van der Waals surface area contributed by atoms with E-state index < -0.39 is 9.84 Å². The first-order chi connectivity index (χ1) is 7.44. The van der Waals surface area contributed by atoms with Crippen LogP contribution in [0.25, 0.3) is 0 Å². The van der Waals surface area contributed by atoms with Crippen LogP contribution >= 0.6 is 0 Å². The number of rotatable bonds is 5. The minimum absolute atomic E-state index is 0.0958. The molecular weight excluding hydrogens is 222 g/mol. The Balaban J connectivity index is 2.88. The summed E-state index contributed by atoms with van der Waals surface area (Å²) in [5, 5.41) is 0. The molecule has 0 amide bonds. The zero-order valence-electron chi connectivity index (χ0n) is 9.81. The van der Waals surface area contributed by atoms with Crippen molar-refractivity contribution >= 4 is 9.84 Å². The molecule has 0 aromatic heterocycles. The van der Waals surface area contributed by atoms with E-state index in [1.807, 2.05) is 38.1 Å². The van der Waals surface area contributed by atoms with Gasteiger partial charge in [-0.05, 0) is 17.0 Å². The molecule has 90 valence electrons. The van der Waals surface area contributed by atoms with E-state index in [1.54, 1.807) is 0 Å². The van der Waals surface area contributed by atoms with Gasteiger partial charge in [0, 0.05) is 6.54 Å². The highest BCUT2D eigenvalue weighted by Gasteiger charge is 2.15. The van der Waals surface area contributed by atoms with Gasteiger partial charge in [-0.15, -0.1) is 0 Å². The van der Waals surface area contributed by atoms with E-state index in [9.17, 15) is 8.42 Å². The van der Waals surface area contributed by atoms with E-state index in [2.05, 4.69) is 0 Å². The zero-order valence-corrected chi connectivity index (χ0v) is 10.6. The topological polar surface area (TPSA) is 60.2 Å². The van der Waals surface area contributed by atoms with Gasteiger partial charge in [0.2, 0.25) is 0 Å². The maximum absolute atomic E-state index is 11.8. The highest BCUT2D eigenvalue weighted by molar-refractivity contribution is 7.90. The molecule has 16 heavy (non-hydrogen) atoms. The Morgan fingerprint density at radius 3 is 2.25 bits per heavy atom. The van der Waals surface area contributed by atoms with Crippen molar-refractivity contribution in [2.75, 3.05) is 5.75 Å². The molecule has 0 aliphatic heterocycles. The van der Waals surface area contributed by atoms with E-state index in [-0.39, 0.29) is 17.4 Å². The number of nitrogens with two attached hydrogens (primary N) is 1. The van der Waals surface area contributed by atoms with Crippen molar-refractivity contribution in [3.63, 3.8) is 0 Å². The zero-order chi connectivity index (χ0) is 12.2. The lowest BCUT2D eigenvalue weighted by molar-refractivity contribution is 0.581. The first-order valence-corrected chi connectivity index (χ1v) is 7.24. The van der Waals surface area contributed by atoms with Crippen LogP contribution in [0, 0.1) is 5.92 Å². The Bertz CT molecular complexity index is 438. The Labute approximate surface area is 97.6 Å². The molecule has 4 heteroatoms. The fourth-order valence-corrected chi connectivity index (χ4v) is 3.59. The quantitative estimate of drug-likeness (QED) is 0.853. The summed E-state index contributed by atoms with van der Waals surface area (Å²) < 4.78 is 23.7. The van der Waals surface area contributed by atoms with Gasteiger partial charge < -0.3 is 5.73 Å². The molecule has 0 fully saturated rings. The average Bonchev–Trinajstić information content (AvgIpc) is 2.15. The molecule has 2 N–H and O–H groups in total. The van der Waals surface area contributed by atoms with Crippen molar-refractivity contribution in [3.8, 4) is 0 Å². The monoisotopic (exact) mass is 241 g/mol. The van der Waals surface area contributed by atoms with Gasteiger partial charge in [0.15, 0.2) is 9.84 Å². The lowest BCUT2D eigenvalue weighted by atomic mass is 10.1. The molecule has 0 unspecified atom stereocenters. The molecule has 0 atom stereocenters. The number of benzene rings is 1. The molecule has 3 nitrogen and oxygen atoms in total. The molecule has 0 radical (unpaired) electrons. The van der Waals surface area contributed by atoms with Crippen LogP contribution in [0.5, 0.6) is 0 Å². The van der Waals surface area contributed by atoms with Crippen molar-refractivity contribution in [2.24, 2.45) is 11.7 Å². The molecule has 0 aliphatic carbocycles. The van der Waals surface area contributed by atoms with E-state index in [1.165, 1.54) is 0 Å². The molecule has 1 rings (SSSR count). The summed E-state index contributed by atoms with van der Waals surface area (Å²) in [4.78, 5) is 0. The molecule has 1 aromatic rings. The first kappa shape index (κ1) is 13.2. The van der Waals surface area contributed by atoms with Gasteiger partial charge in [0.05, 0.1) is 11.5 Å². The van der Waals surface area contributed by atoms with Crippen molar-refractivity contribution in [1.29, 1.82) is 0 Å². The maximum Gasteiger partial charge on any atom is 0.154 e. The van der Waals surface area contributed by atoms with Gasteiger partial charge in [-0.25, -0.2) is 8.42 Å². The van der Waals surface area contributed by atoms with E-state index in [4.69, 9.17) is 5.73 Å². The fraction of sp³-hybridized carbons (Fsp3) is 0.500. The highest BCUT2D eigenvalue weighted by Crippen LogP contribution is 2.14. The van der Waals surface area contributed by atoms with Crippen LogP contribution in [0.2, 0.25) is 0 Å². The average molecular weight is 241 g/mol. The van der Waals surface area contributed by atoms with E-state index >= 15 is 0 Å². The second-order valence-electron chi connectivity index (χ2n) is 4.42. The van der Waals surface area contributed by atoms with Crippen molar-refractivity contribution in [3.05, 3.63) is 35.4 Å². The van der Waals surface area contributed by atoms with Gasteiger partial charge >= 0.3 is 0 Å². The van der Waals surface area contributed by atoms with Gasteiger partial charge in [0.25, 0.3) is 0 Å². The van der Waals surface area contributed by atoms with Crippen LogP contribution in [0.1, 0.15) is 25.0 Å². The predicted molar refractivity (Wildman–Crippen MR) is 66.7 cm³/mol. The number of hydrogen-bond donors (Lipinski definition) is 1. The van der Waals surface area contributed by atoms with Crippen LogP contribution in [-0.4, -0.2) is 14.2 Å². The van der Waals surface area contributed by atoms with Crippen molar-refractivity contribution in [1.82, 2.24) is 0 Å². The number of sulfone groups is 1.